The zero-order valence-corrected chi connectivity index (χ0v) is 14.4. The normalized spacial score (nSPS) is 15.5. The molecule has 0 fully saturated rings. The van der Waals surface area contributed by atoms with Crippen molar-refractivity contribution in [2.45, 2.75) is 0 Å². The molecule has 0 aliphatic carbocycles. The SMILES string of the molecule is COc1ccc(Br)cc1C1=N/C(=C\c2ccccc2Cl)C(=O)O1. The molecule has 0 amide bonds. The first-order valence-corrected chi connectivity index (χ1v) is 7.86. The van der Waals surface area contributed by atoms with Gasteiger partial charge in [0.1, 0.15) is 5.75 Å². The number of rotatable bonds is 3. The second-order valence-electron chi connectivity index (χ2n) is 4.70. The van der Waals surface area contributed by atoms with Gasteiger partial charge in [-0.1, -0.05) is 45.7 Å². The summed E-state index contributed by atoms with van der Waals surface area (Å²) < 4.78 is 11.4. The van der Waals surface area contributed by atoms with Crippen molar-refractivity contribution in [2.24, 2.45) is 4.99 Å². The van der Waals surface area contributed by atoms with Gasteiger partial charge in [-0.2, -0.15) is 0 Å². The number of methoxy groups -OCH3 is 1. The number of ether oxygens (including phenoxy) is 2. The maximum Gasteiger partial charge on any atom is 0.363 e. The van der Waals surface area contributed by atoms with E-state index in [1.54, 1.807) is 37.5 Å². The molecule has 0 aromatic heterocycles. The number of hydrogen-bond donors (Lipinski definition) is 0. The van der Waals surface area contributed by atoms with E-state index in [-0.39, 0.29) is 11.6 Å². The number of halogens is 2. The van der Waals surface area contributed by atoms with E-state index in [0.29, 0.717) is 21.9 Å². The van der Waals surface area contributed by atoms with Crippen molar-refractivity contribution < 1.29 is 14.3 Å². The van der Waals surface area contributed by atoms with Gasteiger partial charge in [0.2, 0.25) is 5.90 Å². The molecular weight excluding hydrogens is 382 g/mol. The molecule has 0 saturated carbocycles. The molecule has 1 heterocycles. The van der Waals surface area contributed by atoms with Gasteiger partial charge >= 0.3 is 5.97 Å². The van der Waals surface area contributed by atoms with E-state index in [1.165, 1.54) is 0 Å². The van der Waals surface area contributed by atoms with Gasteiger partial charge in [-0.25, -0.2) is 9.79 Å². The number of cyclic esters (lactones) is 1. The summed E-state index contributed by atoms with van der Waals surface area (Å²) in [7, 11) is 1.55. The lowest BCUT2D eigenvalue weighted by molar-refractivity contribution is -0.129. The first kappa shape index (κ1) is 15.8. The molecule has 6 heteroatoms. The topological polar surface area (TPSA) is 47.9 Å². The number of esters is 1. The summed E-state index contributed by atoms with van der Waals surface area (Å²) in [6.07, 6.45) is 1.60. The molecule has 0 saturated heterocycles. The average molecular weight is 393 g/mol. The van der Waals surface area contributed by atoms with Crippen molar-refractivity contribution in [3.63, 3.8) is 0 Å². The van der Waals surface area contributed by atoms with E-state index in [4.69, 9.17) is 21.1 Å². The van der Waals surface area contributed by atoms with E-state index >= 15 is 0 Å². The summed E-state index contributed by atoms with van der Waals surface area (Å²) in [6.45, 7) is 0. The van der Waals surface area contributed by atoms with Gasteiger partial charge in [0, 0.05) is 9.50 Å². The van der Waals surface area contributed by atoms with Gasteiger partial charge in [-0.05, 0) is 35.9 Å². The predicted molar refractivity (Wildman–Crippen MR) is 92.8 cm³/mol. The molecule has 0 atom stereocenters. The lowest BCUT2D eigenvalue weighted by Crippen LogP contribution is -2.07. The molecule has 3 rings (SSSR count). The standard InChI is InChI=1S/C17H11BrClNO3/c1-22-15-7-6-11(18)9-12(15)16-20-14(17(21)23-16)8-10-4-2-3-5-13(10)19/h2-9H,1H3/b14-8-. The third-order valence-electron chi connectivity index (χ3n) is 3.21. The third-order valence-corrected chi connectivity index (χ3v) is 4.05. The first-order valence-electron chi connectivity index (χ1n) is 6.69. The minimum Gasteiger partial charge on any atom is -0.496 e. The Bertz CT molecular complexity index is 845. The van der Waals surface area contributed by atoms with Crippen LogP contribution in [0.25, 0.3) is 6.08 Å². The third kappa shape index (κ3) is 3.30. The molecule has 1 aliphatic rings. The number of benzene rings is 2. The average Bonchev–Trinajstić information content (AvgIpc) is 2.90. The molecule has 0 N–H and O–H groups in total. The quantitative estimate of drug-likeness (QED) is 0.572. The molecule has 116 valence electrons. The molecular formula is C17H11BrClNO3. The van der Waals surface area contributed by atoms with Gasteiger partial charge in [-0.3, -0.25) is 0 Å². The van der Waals surface area contributed by atoms with Crippen molar-refractivity contribution in [3.8, 4) is 5.75 Å². The number of carbonyl (C=O) groups excluding carboxylic acids is 1. The van der Waals surface area contributed by atoms with Crippen molar-refractivity contribution in [1.29, 1.82) is 0 Å². The fourth-order valence-corrected chi connectivity index (χ4v) is 2.66. The van der Waals surface area contributed by atoms with Gasteiger partial charge in [0.25, 0.3) is 0 Å². The second kappa shape index (κ2) is 6.56. The van der Waals surface area contributed by atoms with E-state index in [2.05, 4.69) is 20.9 Å². The van der Waals surface area contributed by atoms with Crippen LogP contribution in [0.1, 0.15) is 11.1 Å². The Morgan fingerprint density at radius 2 is 2.04 bits per heavy atom. The summed E-state index contributed by atoms with van der Waals surface area (Å²) >= 11 is 9.48. The number of hydrogen-bond acceptors (Lipinski definition) is 4. The van der Waals surface area contributed by atoms with Crippen LogP contribution in [0.2, 0.25) is 5.02 Å². The smallest absolute Gasteiger partial charge is 0.363 e. The van der Waals surface area contributed by atoms with Crippen molar-refractivity contribution in [1.82, 2.24) is 0 Å². The minimum absolute atomic E-state index is 0.190. The van der Waals surface area contributed by atoms with Crippen LogP contribution in [-0.2, 0) is 9.53 Å². The minimum atomic E-state index is -0.526. The highest BCUT2D eigenvalue weighted by molar-refractivity contribution is 9.10. The molecule has 1 aliphatic heterocycles. The Morgan fingerprint density at radius 3 is 2.78 bits per heavy atom. The van der Waals surface area contributed by atoms with Gasteiger partial charge < -0.3 is 9.47 Å². The van der Waals surface area contributed by atoms with Crippen LogP contribution in [0, 0.1) is 0 Å². The Labute approximate surface area is 146 Å². The van der Waals surface area contributed by atoms with Crippen molar-refractivity contribution in [3.05, 3.63) is 68.8 Å². The molecule has 0 spiro atoms. The fraction of sp³-hybridized carbons (Fsp3) is 0.0588. The van der Waals surface area contributed by atoms with Crippen LogP contribution >= 0.6 is 27.5 Å². The second-order valence-corrected chi connectivity index (χ2v) is 6.03. The van der Waals surface area contributed by atoms with Gasteiger partial charge in [0.05, 0.1) is 12.7 Å². The molecule has 4 nitrogen and oxygen atoms in total. The molecule has 23 heavy (non-hydrogen) atoms. The van der Waals surface area contributed by atoms with E-state index in [1.807, 2.05) is 18.2 Å². The van der Waals surface area contributed by atoms with Crippen LogP contribution in [0.5, 0.6) is 5.75 Å². The number of aliphatic imine (C=N–C) groups is 1. The maximum absolute atomic E-state index is 12.1. The van der Waals surface area contributed by atoms with Crippen LogP contribution in [0.15, 0.2) is 57.6 Å². The number of nitrogens with zero attached hydrogens (tertiary/aromatic N) is 1. The molecule has 2 aromatic carbocycles. The summed E-state index contributed by atoms with van der Waals surface area (Å²) in [6, 6.07) is 12.6. The number of carbonyl (C=O) groups is 1. The molecule has 0 unspecified atom stereocenters. The summed E-state index contributed by atoms with van der Waals surface area (Å²) in [5, 5.41) is 0.538. The van der Waals surface area contributed by atoms with E-state index in [0.717, 1.165) is 4.47 Å². The van der Waals surface area contributed by atoms with Crippen LogP contribution in [-0.4, -0.2) is 19.0 Å². The molecule has 2 aromatic rings. The predicted octanol–water partition coefficient (Wildman–Crippen LogP) is 4.46. The Hall–Kier alpha value is -2.11. The van der Waals surface area contributed by atoms with Crippen LogP contribution in [0.3, 0.4) is 0 Å². The largest absolute Gasteiger partial charge is 0.496 e. The zero-order valence-electron chi connectivity index (χ0n) is 12.0. The Morgan fingerprint density at radius 1 is 1.26 bits per heavy atom. The zero-order chi connectivity index (χ0) is 16.4. The van der Waals surface area contributed by atoms with Crippen LogP contribution < -0.4 is 4.74 Å². The molecule has 0 bridgehead atoms. The van der Waals surface area contributed by atoms with Crippen LogP contribution in [0.4, 0.5) is 0 Å². The van der Waals surface area contributed by atoms with Crippen molar-refractivity contribution in [2.75, 3.05) is 7.11 Å². The lowest BCUT2D eigenvalue weighted by Gasteiger charge is -2.07. The van der Waals surface area contributed by atoms with Crippen molar-refractivity contribution >= 4 is 45.5 Å². The van der Waals surface area contributed by atoms with Gasteiger partial charge in [-0.15, -0.1) is 0 Å². The maximum atomic E-state index is 12.1. The first-order chi connectivity index (χ1) is 11.1. The highest BCUT2D eigenvalue weighted by Gasteiger charge is 2.26. The summed E-state index contributed by atoms with van der Waals surface area (Å²) in [5.41, 5.74) is 1.49. The monoisotopic (exact) mass is 391 g/mol. The summed E-state index contributed by atoms with van der Waals surface area (Å²) in [4.78, 5) is 16.3. The highest BCUT2D eigenvalue weighted by Crippen LogP contribution is 2.28. The Balaban J connectivity index is 2.03. The summed E-state index contributed by atoms with van der Waals surface area (Å²) in [5.74, 6) is 0.243. The van der Waals surface area contributed by atoms with E-state index < -0.39 is 5.97 Å². The lowest BCUT2D eigenvalue weighted by atomic mass is 10.2. The Kier molecular flexibility index (Phi) is 4.50. The highest BCUT2D eigenvalue weighted by atomic mass is 79.9. The van der Waals surface area contributed by atoms with Gasteiger partial charge in [0.15, 0.2) is 5.70 Å². The fourth-order valence-electron chi connectivity index (χ4n) is 2.11. The van der Waals surface area contributed by atoms with E-state index in [9.17, 15) is 4.79 Å². The molecule has 0 radical (unpaired) electrons.